The molecule has 1 N–H and O–H groups in total. The number of likely N-dealkylation sites (tertiary alicyclic amines) is 1. The summed E-state index contributed by atoms with van der Waals surface area (Å²) in [6.07, 6.45) is 2.42. The summed E-state index contributed by atoms with van der Waals surface area (Å²) in [7, 11) is 0. The van der Waals surface area contributed by atoms with E-state index in [1.807, 2.05) is 6.92 Å². The molecule has 6 heteroatoms. The molecule has 0 saturated carbocycles. The van der Waals surface area contributed by atoms with Gasteiger partial charge >= 0.3 is 0 Å². The van der Waals surface area contributed by atoms with Crippen LogP contribution in [0, 0.1) is 18.7 Å². The van der Waals surface area contributed by atoms with Crippen LogP contribution < -0.4 is 5.32 Å². The van der Waals surface area contributed by atoms with Crippen LogP contribution >= 0.6 is 15.9 Å². The van der Waals surface area contributed by atoms with E-state index in [4.69, 9.17) is 0 Å². The van der Waals surface area contributed by atoms with E-state index in [0.29, 0.717) is 30.4 Å². The number of anilines is 1. The van der Waals surface area contributed by atoms with Crippen molar-refractivity contribution in [2.24, 2.45) is 5.92 Å². The maximum Gasteiger partial charge on any atom is 0.245 e. The lowest BCUT2D eigenvalue weighted by Crippen LogP contribution is -2.40. The second-order valence-electron chi connectivity index (χ2n) is 5.40. The molecular weight excluding hydrogens is 351 g/mol. The number of carbonyl (C=O) groups is 2. The first kappa shape index (κ1) is 16.7. The number of aryl methyl sites for hydroxylation is 1. The van der Waals surface area contributed by atoms with Gasteiger partial charge in [0.05, 0.1) is 10.2 Å². The first-order valence-electron chi connectivity index (χ1n) is 7.10. The Morgan fingerprint density at radius 3 is 2.64 bits per heavy atom. The van der Waals surface area contributed by atoms with E-state index in [9.17, 15) is 14.0 Å². The smallest absolute Gasteiger partial charge is 0.245 e. The number of nitrogens with zero attached hydrogens (tertiary/aromatic N) is 1. The highest BCUT2D eigenvalue weighted by Crippen LogP contribution is 2.26. The molecule has 1 aromatic rings. The zero-order chi connectivity index (χ0) is 16.3. The molecule has 1 aliphatic heterocycles. The summed E-state index contributed by atoms with van der Waals surface area (Å²) in [5.74, 6) is -1.01. The molecule has 1 aromatic carbocycles. The minimum Gasteiger partial charge on any atom is -0.339 e. The van der Waals surface area contributed by atoms with Crippen LogP contribution in [0.4, 0.5) is 10.1 Å². The minimum absolute atomic E-state index is 0.118. The zero-order valence-electron chi connectivity index (χ0n) is 12.4. The summed E-state index contributed by atoms with van der Waals surface area (Å²) < 4.78 is 14.3. The molecule has 4 nitrogen and oxygen atoms in total. The number of carbonyl (C=O) groups excluding carboxylic acids is 2. The molecule has 0 aliphatic carbocycles. The lowest BCUT2D eigenvalue weighted by Gasteiger charge is -2.30. The summed E-state index contributed by atoms with van der Waals surface area (Å²) in [5, 5.41) is 2.65. The number of piperidine rings is 1. The predicted molar refractivity (Wildman–Crippen MR) is 87.0 cm³/mol. The fourth-order valence-corrected chi connectivity index (χ4v) is 3.12. The third kappa shape index (κ3) is 3.74. The number of amides is 2. The Morgan fingerprint density at radius 2 is 2.05 bits per heavy atom. The zero-order valence-corrected chi connectivity index (χ0v) is 14.0. The molecule has 1 heterocycles. The van der Waals surface area contributed by atoms with Gasteiger partial charge in [-0.15, -0.1) is 0 Å². The third-order valence-corrected chi connectivity index (χ3v) is 4.36. The van der Waals surface area contributed by atoms with Crippen molar-refractivity contribution in [2.75, 3.05) is 18.4 Å². The van der Waals surface area contributed by atoms with Gasteiger partial charge in [0.15, 0.2) is 5.82 Å². The second kappa shape index (κ2) is 7.05. The van der Waals surface area contributed by atoms with Crippen molar-refractivity contribution in [2.45, 2.75) is 19.8 Å². The molecular formula is C16H18BrFN2O2. The number of halogens is 2. The summed E-state index contributed by atoms with van der Waals surface area (Å²) >= 11 is 3.13. The Balaban J connectivity index is 2.00. The van der Waals surface area contributed by atoms with Crippen LogP contribution in [-0.4, -0.2) is 29.8 Å². The maximum absolute atomic E-state index is 14.0. The van der Waals surface area contributed by atoms with Gasteiger partial charge in [-0.3, -0.25) is 9.59 Å². The van der Waals surface area contributed by atoms with Gasteiger partial charge < -0.3 is 10.2 Å². The first-order chi connectivity index (χ1) is 10.4. The lowest BCUT2D eigenvalue weighted by molar-refractivity contribution is -0.130. The van der Waals surface area contributed by atoms with Crippen LogP contribution in [0.15, 0.2) is 29.3 Å². The van der Waals surface area contributed by atoms with E-state index in [0.717, 1.165) is 5.56 Å². The molecule has 118 valence electrons. The molecule has 1 fully saturated rings. The van der Waals surface area contributed by atoms with Crippen LogP contribution in [0.3, 0.4) is 0 Å². The number of nitrogens with one attached hydrogen (secondary N) is 1. The fraction of sp³-hybridized carbons (Fsp3) is 0.375. The summed E-state index contributed by atoms with van der Waals surface area (Å²) in [6.45, 7) is 6.32. The molecule has 1 aliphatic rings. The van der Waals surface area contributed by atoms with E-state index < -0.39 is 5.82 Å². The molecule has 0 spiro atoms. The predicted octanol–water partition coefficient (Wildman–Crippen LogP) is 3.26. The highest BCUT2D eigenvalue weighted by atomic mass is 79.9. The number of rotatable bonds is 3. The Morgan fingerprint density at radius 1 is 1.41 bits per heavy atom. The Hall–Kier alpha value is -1.69. The fourth-order valence-electron chi connectivity index (χ4n) is 2.54. The van der Waals surface area contributed by atoms with Gasteiger partial charge in [-0.1, -0.05) is 6.58 Å². The lowest BCUT2D eigenvalue weighted by atomic mass is 9.95. The number of hydrogen-bond donors (Lipinski definition) is 1. The average molecular weight is 369 g/mol. The van der Waals surface area contributed by atoms with Crippen LogP contribution in [0.2, 0.25) is 0 Å². The van der Waals surface area contributed by atoms with Gasteiger partial charge in [0, 0.05) is 19.0 Å². The quantitative estimate of drug-likeness (QED) is 0.832. The van der Waals surface area contributed by atoms with Crippen LogP contribution in [0.5, 0.6) is 0 Å². The molecule has 22 heavy (non-hydrogen) atoms. The SMILES string of the molecule is C=CC(=O)N1CCC(C(=O)Nc2cc(C)cc(Br)c2F)CC1. The summed E-state index contributed by atoms with van der Waals surface area (Å²) in [4.78, 5) is 25.4. The summed E-state index contributed by atoms with van der Waals surface area (Å²) in [5.41, 5.74) is 1.04. The molecule has 0 radical (unpaired) electrons. The topological polar surface area (TPSA) is 49.4 Å². The van der Waals surface area contributed by atoms with E-state index in [1.165, 1.54) is 6.08 Å². The van der Waals surface area contributed by atoms with E-state index >= 15 is 0 Å². The van der Waals surface area contributed by atoms with Gasteiger partial charge in [-0.2, -0.15) is 0 Å². The Labute approximate surface area is 137 Å². The van der Waals surface area contributed by atoms with Gasteiger partial charge in [0.1, 0.15) is 0 Å². The van der Waals surface area contributed by atoms with Crippen molar-refractivity contribution < 1.29 is 14.0 Å². The van der Waals surface area contributed by atoms with Gasteiger partial charge in [-0.25, -0.2) is 4.39 Å². The van der Waals surface area contributed by atoms with E-state index in [2.05, 4.69) is 27.8 Å². The Kier molecular flexibility index (Phi) is 5.34. The van der Waals surface area contributed by atoms with Crippen molar-refractivity contribution in [1.82, 2.24) is 4.90 Å². The monoisotopic (exact) mass is 368 g/mol. The van der Waals surface area contributed by atoms with Gasteiger partial charge in [-0.05, 0) is 59.5 Å². The van der Waals surface area contributed by atoms with Crippen molar-refractivity contribution in [1.29, 1.82) is 0 Å². The first-order valence-corrected chi connectivity index (χ1v) is 7.89. The standard InChI is InChI=1S/C16H18BrFN2O2/c1-3-14(21)20-6-4-11(5-7-20)16(22)19-13-9-10(2)8-12(17)15(13)18/h3,8-9,11H,1,4-7H2,2H3,(H,19,22). The molecule has 2 rings (SSSR count). The molecule has 2 amide bonds. The molecule has 1 saturated heterocycles. The van der Waals surface area contributed by atoms with Gasteiger partial charge in [0.2, 0.25) is 11.8 Å². The number of benzene rings is 1. The highest BCUT2D eigenvalue weighted by Gasteiger charge is 2.27. The van der Waals surface area contributed by atoms with Crippen molar-refractivity contribution in [3.63, 3.8) is 0 Å². The van der Waals surface area contributed by atoms with E-state index in [-0.39, 0.29) is 23.4 Å². The average Bonchev–Trinajstić information content (AvgIpc) is 2.51. The molecule has 0 bridgehead atoms. The second-order valence-corrected chi connectivity index (χ2v) is 6.26. The third-order valence-electron chi connectivity index (χ3n) is 3.78. The van der Waals surface area contributed by atoms with Crippen molar-refractivity contribution >= 4 is 33.4 Å². The van der Waals surface area contributed by atoms with Crippen molar-refractivity contribution in [3.8, 4) is 0 Å². The van der Waals surface area contributed by atoms with Crippen molar-refractivity contribution in [3.05, 3.63) is 40.6 Å². The van der Waals surface area contributed by atoms with Gasteiger partial charge in [0.25, 0.3) is 0 Å². The largest absolute Gasteiger partial charge is 0.339 e. The maximum atomic E-state index is 14.0. The molecule has 0 unspecified atom stereocenters. The highest BCUT2D eigenvalue weighted by molar-refractivity contribution is 9.10. The van der Waals surface area contributed by atoms with E-state index in [1.54, 1.807) is 17.0 Å². The van der Waals surface area contributed by atoms with Crippen LogP contribution in [0.25, 0.3) is 0 Å². The summed E-state index contributed by atoms with van der Waals surface area (Å²) in [6, 6.07) is 3.26. The van der Waals surface area contributed by atoms with Crippen LogP contribution in [-0.2, 0) is 9.59 Å². The van der Waals surface area contributed by atoms with Crippen LogP contribution in [0.1, 0.15) is 18.4 Å². The molecule has 0 aromatic heterocycles. The molecule has 0 atom stereocenters. The normalized spacial score (nSPS) is 15.5. The number of hydrogen-bond acceptors (Lipinski definition) is 2. The minimum atomic E-state index is -0.474. The Bertz CT molecular complexity index is 610.